The van der Waals surface area contributed by atoms with E-state index in [0.717, 1.165) is 93.4 Å². The highest BCUT2D eigenvalue weighted by Crippen LogP contribution is 2.42. The van der Waals surface area contributed by atoms with Crippen LogP contribution in [0.25, 0.3) is 93.4 Å². The monoisotopic (exact) mass is 623 g/mol. The van der Waals surface area contributed by atoms with Gasteiger partial charge in [-0.1, -0.05) is 78.9 Å². The molecule has 49 heavy (non-hydrogen) atoms. The minimum absolute atomic E-state index is 0.649. The maximum Gasteiger partial charge on any atom is 0.0991 e. The van der Waals surface area contributed by atoms with Crippen molar-refractivity contribution in [2.75, 3.05) is 0 Å². The fourth-order valence-corrected chi connectivity index (χ4v) is 7.50. The van der Waals surface area contributed by atoms with Gasteiger partial charge < -0.3 is 4.57 Å². The van der Waals surface area contributed by atoms with Crippen LogP contribution in [0.1, 0.15) is 5.56 Å². The van der Waals surface area contributed by atoms with Crippen LogP contribution in [-0.2, 0) is 0 Å². The van der Waals surface area contributed by atoms with Gasteiger partial charge in [0.1, 0.15) is 0 Å². The number of rotatable bonds is 3. The Kier molecular flexibility index (Phi) is 5.87. The van der Waals surface area contributed by atoms with Crippen LogP contribution < -0.4 is 0 Å². The summed E-state index contributed by atoms with van der Waals surface area (Å²) in [7, 11) is 0. The van der Waals surface area contributed by atoms with Crippen molar-refractivity contribution in [2.45, 2.75) is 0 Å². The molecule has 226 valence electrons. The molecule has 0 aliphatic heterocycles. The number of pyridine rings is 3. The average Bonchev–Trinajstić information content (AvgIpc) is 3.50. The zero-order valence-corrected chi connectivity index (χ0v) is 26.2. The first kappa shape index (κ1) is 27.2. The smallest absolute Gasteiger partial charge is 0.0991 e. The van der Waals surface area contributed by atoms with E-state index in [1.165, 1.54) is 0 Å². The van der Waals surface area contributed by atoms with Crippen molar-refractivity contribution in [3.63, 3.8) is 0 Å². The van der Waals surface area contributed by atoms with E-state index < -0.39 is 0 Å². The van der Waals surface area contributed by atoms with Gasteiger partial charge in [0.15, 0.2) is 0 Å². The Morgan fingerprint density at radius 3 is 1.86 bits per heavy atom. The van der Waals surface area contributed by atoms with Crippen LogP contribution in [0.5, 0.6) is 0 Å². The van der Waals surface area contributed by atoms with Gasteiger partial charge in [0.05, 0.1) is 44.9 Å². The predicted molar refractivity (Wildman–Crippen MR) is 200 cm³/mol. The molecule has 0 N–H and O–H groups in total. The lowest BCUT2D eigenvalue weighted by atomic mass is 9.92. The number of nitriles is 1. The molecule has 10 rings (SSSR count). The molecule has 0 bridgehead atoms. The van der Waals surface area contributed by atoms with Crippen molar-refractivity contribution in [1.29, 1.82) is 5.26 Å². The summed E-state index contributed by atoms with van der Waals surface area (Å²) in [5.41, 5.74) is 10.8. The van der Waals surface area contributed by atoms with E-state index in [1.54, 1.807) is 0 Å². The summed E-state index contributed by atoms with van der Waals surface area (Å²) in [6.45, 7) is 0. The van der Waals surface area contributed by atoms with Crippen molar-refractivity contribution in [1.82, 2.24) is 19.5 Å². The van der Waals surface area contributed by atoms with E-state index in [0.29, 0.717) is 5.56 Å². The SMILES string of the molecule is N#Cc1ccc2c(c1)c1cc(-c3ccc(-c4nc5ccccc5c5c6cccnc6c6ncccc6c45)cc3)ccc1n2-c1ccccc1. The second kappa shape index (κ2) is 10.6. The Morgan fingerprint density at radius 1 is 0.490 bits per heavy atom. The number of nitrogens with zero attached hydrogens (tertiary/aromatic N) is 5. The minimum Gasteiger partial charge on any atom is -0.309 e. The minimum atomic E-state index is 0.649. The van der Waals surface area contributed by atoms with Gasteiger partial charge in [-0.2, -0.15) is 5.26 Å². The first-order valence-electron chi connectivity index (χ1n) is 16.3. The fourth-order valence-electron chi connectivity index (χ4n) is 7.50. The van der Waals surface area contributed by atoms with Gasteiger partial charge in [-0.05, 0) is 71.8 Å². The van der Waals surface area contributed by atoms with E-state index in [4.69, 9.17) is 15.0 Å². The van der Waals surface area contributed by atoms with Gasteiger partial charge in [-0.25, -0.2) is 4.98 Å². The Balaban J connectivity index is 1.18. The number of fused-ring (bicyclic) bond motifs is 11. The third-order valence-corrected chi connectivity index (χ3v) is 9.67. The summed E-state index contributed by atoms with van der Waals surface area (Å²) in [6, 6.07) is 50.6. The molecule has 0 aliphatic carbocycles. The van der Waals surface area contributed by atoms with Crippen molar-refractivity contribution in [2.24, 2.45) is 0 Å². The molecular formula is C44H25N5. The van der Waals surface area contributed by atoms with Gasteiger partial charge in [0.25, 0.3) is 0 Å². The van der Waals surface area contributed by atoms with E-state index in [1.807, 2.05) is 48.8 Å². The summed E-state index contributed by atoms with van der Waals surface area (Å²) in [4.78, 5) is 14.9. The van der Waals surface area contributed by atoms with Crippen LogP contribution in [0, 0.1) is 11.3 Å². The number of hydrogen-bond acceptors (Lipinski definition) is 4. The lowest BCUT2D eigenvalue weighted by Crippen LogP contribution is -1.94. The third-order valence-electron chi connectivity index (χ3n) is 9.67. The fraction of sp³-hybridized carbons (Fsp3) is 0. The van der Waals surface area contributed by atoms with Crippen molar-refractivity contribution < 1.29 is 0 Å². The zero-order chi connectivity index (χ0) is 32.5. The third kappa shape index (κ3) is 4.08. The standard InChI is InChI=1S/C44H25N5/c45-26-27-14-20-38-35(24-27)36-25-30(19-21-39(36)49(38)31-8-2-1-3-9-31)28-15-17-29(18-16-28)42-41-34-12-7-23-47-44(34)43-33(11-6-22-46-43)40(41)32-10-4-5-13-37(32)48-42/h1-25H. The van der Waals surface area contributed by atoms with Crippen LogP contribution in [0.4, 0.5) is 0 Å². The summed E-state index contributed by atoms with van der Waals surface area (Å²) in [6.07, 6.45) is 3.67. The van der Waals surface area contributed by atoms with Gasteiger partial charge in [-0.15, -0.1) is 0 Å². The normalized spacial score (nSPS) is 11.7. The average molecular weight is 624 g/mol. The van der Waals surface area contributed by atoms with Crippen molar-refractivity contribution in [3.05, 3.63) is 157 Å². The molecule has 0 unspecified atom stereocenters. The van der Waals surface area contributed by atoms with Gasteiger partial charge >= 0.3 is 0 Å². The molecule has 5 heteroatoms. The van der Waals surface area contributed by atoms with E-state index >= 15 is 0 Å². The molecule has 4 heterocycles. The second-order valence-corrected chi connectivity index (χ2v) is 12.4. The topological polar surface area (TPSA) is 67.4 Å². The molecule has 0 saturated heterocycles. The van der Waals surface area contributed by atoms with Gasteiger partial charge in [0.2, 0.25) is 0 Å². The van der Waals surface area contributed by atoms with Crippen LogP contribution in [0.15, 0.2) is 152 Å². The number of benzene rings is 6. The lowest BCUT2D eigenvalue weighted by Gasteiger charge is -2.15. The molecule has 0 aliphatic rings. The largest absolute Gasteiger partial charge is 0.309 e. The highest BCUT2D eigenvalue weighted by Gasteiger charge is 2.19. The highest BCUT2D eigenvalue weighted by atomic mass is 15.0. The maximum absolute atomic E-state index is 9.71. The highest BCUT2D eigenvalue weighted by molar-refractivity contribution is 6.32. The van der Waals surface area contributed by atoms with E-state index in [2.05, 4.69) is 114 Å². The number of para-hydroxylation sites is 2. The lowest BCUT2D eigenvalue weighted by molar-refractivity contribution is 1.18. The quantitative estimate of drug-likeness (QED) is 0.184. The van der Waals surface area contributed by atoms with Crippen LogP contribution in [-0.4, -0.2) is 19.5 Å². The second-order valence-electron chi connectivity index (χ2n) is 12.4. The molecule has 0 atom stereocenters. The predicted octanol–water partition coefficient (Wildman–Crippen LogP) is 10.8. The summed E-state index contributed by atoms with van der Waals surface area (Å²) >= 11 is 0. The van der Waals surface area contributed by atoms with Crippen LogP contribution >= 0.6 is 0 Å². The molecule has 0 radical (unpaired) electrons. The molecular weight excluding hydrogens is 599 g/mol. The molecule has 5 nitrogen and oxygen atoms in total. The number of aromatic nitrogens is 4. The van der Waals surface area contributed by atoms with Crippen LogP contribution in [0.3, 0.4) is 0 Å². The first-order valence-corrected chi connectivity index (χ1v) is 16.3. The van der Waals surface area contributed by atoms with Crippen molar-refractivity contribution >= 4 is 65.3 Å². The van der Waals surface area contributed by atoms with Gasteiger partial charge in [0, 0.05) is 61.3 Å². The maximum atomic E-state index is 9.71. The molecule has 0 amide bonds. The Hall–Kier alpha value is -6.90. The molecule has 10 aromatic rings. The van der Waals surface area contributed by atoms with E-state index in [-0.39, 0.29) is 0 Å². The van der Waals surface area contributed by atoms with Gasteiger partial charge in [-0.3, -0.25) is 9.97 Å². The Bertz CT molecular complexity index is 2990. The van der Waals surface area contributed by atoms with E-state index in [9.17, 15) is 5.26 Å². The van der Waals surface area contributed by atoms with Crippen LogP contribution in [0.2, 0.25) is 0 Å². The molecule has 0 saturated carbocycles. The molecule has 6 aromatic carbocycles. The summed E-state index contributed by atoms with van der Waals surface area (Å²) < 4.78 is 2.27. The number of hydrogen-bond donors (Lipinski definition) is 0. The Labute approximate surface area is 281 Å². The van der Waals surface area contributed by atoms with Crippen molar-refractivity contribution in [3.8, 4) is 34.1 Å². The zero-order valence-electron chi connectivity index (χ0n) is 26.2. The summed E-state index contributed by atoms with van der Waals surface area (Å²) in [5.74, 6) is 0. The molecule has 0 fully saturated rings. The summed E-state index contributed by atoms with van der Waals surface area (Å²) in [5, 5.41) is 17.3. The first-order chi connectivity index (χ1) is 24.3. The Morgan fingerprint density at radius 2 is 1.10 bits per heavy atom. The molecule has 4 aromatic heterocycles. The molecule has 0 spiro atoms.